The molecule has 0 saturated heterocycles. The first-order valence-corrected chi connectivity index (χ1v) is 21.4. The zero-order valence-electron chi connectivity index (χ0n) is 35.7. The van der Waals surface area contributed by atoms with Gasteiger partial charge in [0, 0.05) is 69.8 Å². The molecule has 4 aromatic rings. The standard InChI is InChI=1S/C46H70N8O2/c1-9-53(10-2)27-17-19-33(5)49-43-29-35(7)51-41-23-21-37(31-39(41)43)45(55)47-25-15-13-14-16-26-48-46(56)38-22-24-42-40(32-38)44(30-36(8)52-42)50-34(6)20-18-28-54(11-3)12-4/h21-24,29-34H,9-20,25-28H2,1-8H3,(H,47,55)(H,48,56)(H,49,51)(H,50,52). The van der Waals surface area contributed by atoms with Crippen LogP contribution in [-0.2, 0) is 0 Å². The van der Waals surface area contributed by atoms with Gasteiger partial charge in [-0.1, -0.05) is 40.5 Å². The second-order valence-corrected chi connectivity index (χ2v) is 15.4. The number of benzene rings is 2. The van der Waals surface area contributed by atoms with Gasteiger partial charge in [-0.2, -0.15) is 0 Å². The number of carbonyl (C=O) groups excluding carboxylic acids is 2. The summed E-state index contributed by atoms with van der Waals surface area (Å²) in [5.74, 6) is -0.136. The molecule has 2 heterocycles. The maximum atomic E-state index is 13.1. The Hall–Kier alpha value is -4.28. The normalized spacial score (nSPS) is 12.7. The minimum absolute atomic E-state index is 0.0678. The Morgan fingerprint density at radius 2 is 0.964 bits per heavy atom. The summed E-state index contributed by atoms with van der Waals surface area (Å²) in [4.78, 5) is 40.6. The SMILES string of the molecule is CCN(CC)CCCC(C)Nc1cc(C)nc2ccc(C(=O)NCCCCCCNC(=O)c3ccc4nc(C)cc(NC(C)CCCN(CC)CC)c4c3)cc12. The van der Waals surface area contributed by atoms with Crippen molar-refractivity contribution in [2.75, 3.05) is 63.0 Å². The van der Waals surface area contributed by atoms with Gasteiger partial charge in [0.2, 0.25) is 0 Å². The van der Waals surface area contributed by atoms with Gasteiger partial charge in [-0.15, -0.1) is 0 Å². The molecule has 0 aliphatic heterocycles. The summed E-state index contributed by atoms with van der Waals surface area (Å²) in [5, 5.41) is 15.5. The molecule has 0 aliphatic carbocycles. The summed E-state index contributed by atoms with van der Waals surface area (Å²) < 4.78 is 0. The van der Waals surface area contributed by atoms with E-state index in [1.807, 2.05) is 50.2 Å². The van der Waals surface area contributed by atoms with Crippen molar-refractivity contribution in [3.05, 3.63) is 71.0 Å². The minimum atomic E-state index is -0.0678. The molecule has 0 saturated carbocycles. The number of aromatic nitrogens is 2. The van der Waals surface area contributed by atoms with Gasteiger partial charge in [-0.05, 0) is 154 Å². The quantitative estimate of drug-likeness (QED) is 0.0495. The van der Waals surface area contributed by atoms with E-state index >= 15 is 0 Å². The highest BCUT2D eigenvalue weighted by Crippen LogP contribution is 2.27. The van der Waals surface area contributed by atoms with Crippen LogP contribution in [0.15, 0.2) is 48.5 Å². The number of nitrogens with zero attached hydrogens (tertiary/aromatic N) is 4. The summed E-state index contributed by atoms with van der Waals surface area (Å²) >= 11 is 0. The average molecular weight is 767 g/mol. The molecule has 0 spiro atoms. The molecule has 306 valence electrons. The maximum Gasteiger partial charge on any atom is 0.251 e. The number of aryl methyl sites for hydroxylation is 2. The maximum absolute atomic E-state index is 13.1. The monoisotopic (exact) mass is 767 g/mol. The number of anilines is 2. The number of hydrogen-bond donors (Lipinski definition) is 4. The second kappa shape index (κ2) is 23.1. The third-order valence-electron chi connectivity index (χ3n) is 10.9. The molecular formula is C46H70N8O2. The molecule has 10 nitrogen and oxygen atoms in total. The van der Waals surface area contributed by atoms with Crippen molar-refractivity contribution in [2.24, 2.45) is 0 Å². The molecule has 4 N–H and O–H groups in total. The van der Waals surface area contributed by atoms with Crippen LogP contribution in [0.3, 0.4) is 0 Å². The molecule has 0 aliphatic rings. The Morgan fingerprint density at radius 3 is 1.34 bits per heavy atom. The lowest BCUT2D eigenvalue weighted by Crippen LogP contribution is -2.26. The van der Waals surface area contributed by atoms with Gasteiger partial charge < -0.3 is 31.1 Å². The number of fused-ring (bicyclic) bond motifs is 2. The Morgan fingerprint density at radius 1 is 0.571 bits per heavy atom. The largest absolute Gasteiger partial charge is 0.382 e. The molecule has 2 aromatic heterocycles. The van der Waals surface area contributed by atoms with Crippen molar-refractivity contribution >= 4 is 45.0 Å². The van der Waals surface area contributed by atoms with Crippen LogP contribution in [0.25, 0.3) is 21.8 Å². The van der Waals surface area contributed by atoms with Gasteiger partial charge in [0.15, 0.2) is 0 Å². The smallest absolute Gasteiger partial charge is 0.251 e. The molecule has 4 rings (SSSR count). The van der Waals surface area contributed by atoms with Crippen LogP contribution in [0.2, 0.25) is 0 Å². The van der Waals surface area contributed by atoms with Gasteiger partial charge in [-0.25, -0.2) is 0 Å². The number of rotatable bonds is 25. The first kappa shape index (κ1) is 44.4. The van der Waals surface area contributed by atoms with Crippen LogP contribution < -0.4 is 21.3 Å². The Bertz CT molecular complexity index is 1700. The van der Waals surface area contributed by atoms with Crippen LogP contribution in [0.1, 0.15) is 125 Å². The minimum Gasteiger partial charge on any atom is -0.382 e. The van der Waals surface area contributed by atoms with Crippen LogP contribution in [0.4, 0.5) is 11.4 Å². The predicted octanol–water partition coefficient (Wildman–Crippen LogP) is 8.96. The third kappa shape index (κ3) is 13.7. The highest BCUT2D eigenvalue weighted by molar-refractivity contribution is 6.02. The number of carbonyl (C=O) groups is 2. The van der Waals surface area contributed by atoms with Crippen molar-refractivity contribution in [2.45, 2.75) is 119 Å². The van der Waals surface area contributed by atoms with E-state index in [4.69, 9.17) is 9.97 Å². The Labute approximate surface area is 337 Å². The van der Waals surface area contributed by atoms with Crippen LogP contribution >= 0.6 is 0 Å². The highest BCUT2D eigenvalue weighted by atomic mass is 16.2. The highest BCUT2D eigenvalue weighted by Gasteiger charge is 2.14. The lowest BCUT2D eigenvalue weighted by molar-refractivity contribution is 0.0943. The fraction of sp³-hybridized carbons (Fsp3) is 0.565. The van der Waals surface area contributed by atoms with E-state index in [0.29, 0.717) is 36.3 Å². The lowest BCUT2D eigenvalue weighted by Gasteiger charge is -2.21. The van der Waals surface area contributed by atoms with E-state index in [0.717, 1.165) is 135 Å². The first-order chi connectivity index (χ1) is 27.0. The van der Waals surface area contributed by atoms with Gasteiger partial charge in [0.05, 0.1) is 11.0 Å². The Kier molecular flexibility index (Phi) is 18.3. The van der Waals surface area contributed by atoms with Gasteiger partial charge >= 0.3 is 0 Å². The third-order valence-corrected chi connectivity index (χ3v) is 10.9. The van der Waals surface area contributed by atoms with Crippen molar-refractivity contribution in [1.82, 2.24) is 30.4 Å². The topological polar surface area (TPSA) is 115 Å². The summed E-state index contributed by atoms with van der Waals surface area (Å²) in [6.45, 7) is 25.1. The van der Waals surface area contributed by atoms with E-state index < -0.39 is 0 Å². The van der Waals surface area contributed by atoms with Crippen LogP contribution in [-0.4, -0.2) is 96.0 Å². The van der Waals surface area contributed by atoms with E-state index in [2.05, 4.69) is 84.7 Å². The molecular weight excluding hydrogens is 697 g/mol. The molecule has 2 atom stereocenters. The fourth-order valence-corrected chi connectivity index (χ4v) is 7.45. The number of hydrogen-bond acceptors (Lipinski definition) is 8. The second-order valence-electron chi connectivity index (χ2n) is 15.4. The number of nitrogens with one attached hydrogen (secondary N) is 4. The summed E-state index contributed by atoms with van der Waals surface area (Å²) in [7, 11) is 0. The van der Waals surface area contributed by atoms with Crippen LogP contribution in [0, 0.1) is 13.8 Å². The zero-order chi connectivity index (χ0) is 40.5. The molecule has 10 heteroatoms. The van der Waals surface area contributed by atoms with Crippen molar-refractivity contribution < 1.29 is 9.59 Å². The number of pyridine rings is 2. The molecule has 0 bridgehead atoms. The molecule has 56 heavy (non-hydrogen) atoms. The molecule has 2 amide bonds. The van der Waals surface area contributed by atoms with Crippen molar-refractivity contribution in [3.8, 4) is 0 Å². The predicted molar refractivity (Wildman–Crippen MR) is 236 cm³/mol. The molecule has 0 radical (unpaired) electrons. The number of amides is 2. The van der Waals surface area contributed by atoms with Crippen LogP contribution in [0.5, 0.6) is 0 Å². The van der Waals surface area contributed by atoms with Gasteiger partial charge in [-0.3, -0.25) is 19.6 Å². The molecule has 0 fully saturated rings. The Balaban J connectivity index is 1.20. The summed E-state index contributed by atoms with van der Waals surface area (Å²) in [6, 6.07) is 16.3. The average Bonchev–Trinajstić information content (AvgIpc) is 3.18. The van der Waals surface area contributed by atoms with Gasteiger partial charge in [0.1, 0.15) is 0 Å². The summed E-state index contributed by atoms with van der Waals surface area (Å²) in [5.41, 5.74) is 7.04. The van der Waals surface area contributed by atoms with Crippen molar-refractivity contribution in [3.63, 3.8) is 0 Å². The van der Waals surface area contributed by atoms with E-state index in [9.17, 15) is 9.59 Å². The van der Waals surface area contributed by atoms with E-state index in [1.54, 1.807) is 0 Å². The summed E-state index contributed by atoms with van der Waals surface area (Å²) in [6.07, 6.45) is 8.13. The molecule has 2 aromatic carbocycles. The van der Waals surface area contributed by atoms with Gasteiger partial charge in [0.25, 0.3) is 11.8 Å². The van der Waals surface area contributed by atoms with E-state index in [-0.39, 0.29) is 11.8 Å². The zero-order valence-corrected chi connectivity index (χ0v) is 35.7. The molecule has 2 unspecified atom stereocenters. The number of unbranched alkanes of at least 4 members (excludes halogenated alkanes) is 3. The lowest BCUT2D eigenvalue weighted by atomic mass is 10.1. The van der Waals surface area contributed by atoms with E-state index in [1.165, 1.54) is 0 Å². The fourth-order valence-electron chi connectivity index (χ4n) is 7.45. The first-order valence-electron chi connectivity index (χ1n) is 21.4. The van der Waals surface area contributed by atoms with Crippen molar-refractivity contribution in [1.29, 1.82) is 0 Å².